The Hall–Kier alpha value is -3.23. The van der Waals surface area contributed by atoms with Crippen molar-refractivity contribution in [2.75, 3.05) is 23.8 Å². The quantitative estimate of drug-likeness (QED) is 0.579. The molecule has 2 rings (SSSR count). The summed E-state index contributed by atoms with van der Waals surface area (Å²) < 4.78 is 49.0. The molecule has 0 saturated heterocycles. The minimum Gasteiger partial charge on any atom is -0.492 e. The van der Waals surface area contributed by atoms with Crippen LogP contribution in [0.25, 0.3) is 0 Å². The van der Waals surface area contributed by atoms with Gasteiger partial charge in [0.05, 0.1) is 24.6 Å². The first-order chi connectivity index (χ1) is 14.9. The van der Waals surface area contributed by atoms with Gasteiger partial charge in [-0.2, -0.15) is 13.2 Å². The lowest BCUT2D eigenvalue weighted by Crippen LogP contribution is -2.30. The summed E-state index contributed by atoms with van der Waals surface area (Å²) >= 11 is 0. The molecule has 0 aromatic heterocycles. The van der Waals surface area contributed by atoms with E-state index < -0.39 is 18.0 Å². The van der Waals surface area contributed by atoms with Gasteiger partial charge in [-0.1, -0.05) is 32.9 Å². The molecule has 174 valence electrons. The molecule has 0 aliphatic carbocycles. The number of ether oxygens (including phenoxy) is 2. The highest BCUT2D eigenvalue weighted by molar-refractivity contribution is 6.06. The van der Waals surface area contributed by atoms with E-state index in [0.717, 1.165) is 5.56 Å². The van der Waals surface area contributed by atoms with Crippen LogP contribution in [-0.4, -0.2) is 31.2 Å². The lowest BCUT2D eigenvalue weighted by Gasteiger charge is -2.20. The van der Waals surface area contributed by atoms with Crippen molar-refractivity contribution < 1.29 is 32.2 Å². The Morgan fingerprint density at radius 2 is 1.31 bits per heavy atom. The molecule has 2 amide bonds. The zero-order valence-electron chi connectivity index (χ0n) is 18.6. The molecule has 0 radical (unpaired) electrons. The van der Waals surface area contributed by atoms with Crippen LogP contribution in [0.5, 0.6) is 11.5 Å². The van der Waals surface area contributed by atoms with Gasteiger partial charge in [-0.15, -0.1) is 0 Å². The van der Waals surface area contributed by atoms with Crippen molar-refractivity contribution in [3.63, 3.8) is 0 Å². The Labute approximate surface area is 185 Å². The van der Waals surface area contributed by atoms with Crippen LogP contribution in [0.3, 0.4) is 0 Å². The number of anilines is 2. The van der Waals surface area contributed by atoms with Crippen LogP contribution in [-0.2, 0) is 10.2 Å². The first-order valence-corrected chi connectivity index (χ1v) is 10.1. The van der Waals surface area contributed by atoms with E-state index in [0.29, 0.717) is 5.56 Å². The third kappa shape index (κ3) is 6.38. The van der Waals surface area contributed by atoms with Crippen molar-refractivity contribution in [1.29, 1.82) is 0 Å². The van der Waals surface area contributed by atoms with Crippen LogP contribution in [0.1, 0.15) is 50.5 Å². The van der Waals surface area contributed by atoms with Gasteiger partial charge in [-0.3, -0.25) is 9.59 Å². The van der Waals surface area contributed by atoms with Crippen LogP contribution in [0, 0.1) is 0 Å². The smallest absolute Gasteiger partial charge is 0.471 e. The number of amides is 2. The van der Waals surface area contributed by atoms with Gasteiger partial charge in [0.2, 0.25) is 0 Å². The van der Waals surface area contributed by atoms with Crippen molar-refractivity contribution in [3.8, 4) is 11.5 Å². The molecule has 2 aromatic rings. The number of carbonyl (C=O) groups is 2. The lowest BCUT2D eigenvalue weighted by molar-refractivity contribution is -0.167. The molecular weight excluding hydrogens is 425 g/mol. The van der Waals surface area contributed by atoms with Crippen molar-refractivity contribution in [2.45, 2.75) is 46.2 Å². The van der Waals surface area contributed by atoms with Gasteiger partial charge >= 0.3 is 12.1 Å². The Morgan fingerprint density at radius 1 is 0.844 bits per heavy atom. The summed E-state index contributed by atoms with van der Waals surface area (Å²) in [5.41, 5.74) is 1.37. The Kier molecular flexibility index (Phi) is 7.77. The maximum absolute atomic E-state index is 12.8. The third-order valence-corrected chi connectivity index (χ3v) is 4.45. The van der Waals surface area contributed by atoms with E-state index in [1.165, 1.54) is 12.1 Å². The van der Waals surface area contributed by atoms with Gasteiger partial charge in [0.1, 0.15) is 11.5 Å². The van der Waals surface area contributed by atoms with E-state index in [-0.39, 0.29) is 41.5 Å². The fourth-order valence-corrected chi connectivity index (χ4v) is 2.81. The number of carbonyl (C=O) groups excluding carboxylic acids is 2. The number of nitrogens with one attached hydrogen (secondary N) is 2. The number of alkyl halides is 3. The molecule has 9 heteroatoms. The van der Waals surface area contributed by atoms with Crippen molar-refractivity contribution in [1.82, 2.24) is 0 Å². The van der Waals surface area contributed by atoms with Crippen LogP contribution in [0.15, 0.2) is 36.4 Å². The zero-order valence-corrected chi connectivity index (χ0v) is 18.6. The monoisotopic (exact) mass is 452 g/mol. The number of halogens is 3. The summed E-state index contributed by atoms with van der Waals surface area (Å²) in [6.45, 7) is 9.82. The molecular formula is C23H27F3N2O4. The van der Waals surface area contributed by atoms with E-state index in [4.69, 9.17) is 9.47 Å². The molecule has 0 unspecified atom stereocenters. The summed E-state index contributed by atoms with van der Waals surface area (Å²) in [5.74, 6) is -2.52. The van der Waals surface area contributed by atoms with E-state index in [1.807, 2.05) is 12.1 Å². The van der Waals surface area contributed by atoms with Crippen molar-refractivity contribution in [2.24, 2.45) is 0 Å². The minimum atomic E-state index is -5.07. The fraction of sp³-hybridized carbons (Fsp3) is 0.391. The molecule has 2 aromatic carbocycles. The molecule has 2 N–H and O–H groups in total. The van der Waals surface area contributed by atoms with Gasteiger partial charge in [-0.25, -0.2) is 0 Å². The Bertz CT molecular complexity index is 965. The fourth-order valence-electron chi connectivity index (χ4n) is 2.81. The summed E-state index contributed by atoms with van der Waals surface area (Å²) in [6.07, 6.45) is -5.07. The predicted molar refractivity (Wildman–Crippen MR) is 117 cm³/mol. The van der Waals surface area contributed by atoms with Crippen LogP contribution < -0.4 is 20.1 Å². The SMILES string of the molecule is CCOc1cc(NC(=O)C(F)(F)F)c(OCC)cc1NC(=O)c1ccc(C(C)(C)C)cc1. The second-order valence-corrected chi connectivity index (χ2v) is 7.94. The molecule has 0 aliphatic heterocycles. The van der Waals surface area contributed by atoms with Gasteiger partial charge in [0.15, 0.2) is 0 Å². The maximum atomic E-state index is 12.8. The van der Waals surface area contributed by atoms with Crippen molar-refractivity contribution >= 4 is 23.2 Å². The zero-order chi connectivity index (χ0) is 24.1. The summed E-state index contributed by atoms with van der Waals surface area (Å²) in [7, 11) is 0. The molecule has 0 fully saturated rings. The van der Waals surface area contributed by atoms with Crippen molar-refractivity contribution in [3.05, 3.63) is 47.5 Å². The minimum absolute atomic E-state index is 0.0352. The summed E-state index contributed by atoms with van der Waals surface area (Å²) in [6, 6.07) is 9.62. The maximum Gasteiger partial charge on any atom is 0.471 e. The highest BCUT2D eigenvalue weighted by Crippen LogP contribution is 2.38. The van der Waals surface area contributed by atoms with E-state index in [9.17, 15) is 22.8 Å². The molecule has 6 nitrogen and oxygen atoms in total. The number of rotatable bonds is 7. The molecule has 0 saturated carbocycles. The summed E-state index contributed by atoms with van der Waals surface area (Å²) in [5, 5.41) is 4.49. The Balaban J connectivity index is 2.38. The Morgan fingerprint density at radius 3 is 1.72 bits per heavy atom. The average molecular weight is 452 g/mol. The highest BCUT2D eigenvalue weighted by Gasteiger charge is 2.39. The molecule has 0 bridgehead atoms. The van der Waals surface area contributed by atoms with Gasteiger partial charge in [0.25, 0.3) is 5.91 Å². The molecule has 0 spiro atoms. The van der Waals surface area contributed by atoms with E-state index in [1.54, 1.807) is 31.3 Å². The van der Waals surface area contributed by atoms with Crippen LogP contribution >= 0.6 is 0 Å². The molecule has 32 heavy (non-hydrogen) atoms. The predicted octanol–water partition coefficient (Wildman–Crippen LogP) is 5.53. The largest absolute Gasteiger partial charge is 0.492 e. The third-order valence-electron chi connectivity index (χ3n) is 4.45. The second-order valence-electron chi connectivity index (χ2n) is 7.94. The summed E-state index contributed by atoms with van der Waals surface area (Å²) in [4.78, 5) is 24.2. The standard InChI is InChI=1S/C23H27F3N2O4/c1-6-31-18-13-17(28-21(30)23(24,25)26)19(32-7-2)12-16(18)27-20(29)14-8-10-15(11-9-14)22(3,4)5/h8-13H,6-7H2,1-5H3,(H,27,29)(H,28,30). The van der Waals surface area contributed by atoms with E-state index in [2.05, 4.69) is 26.1 Å². The van der Waals surface area contributed by atoms with Crippen LogP contribution in [0.2, 0.25) is 0 Å². The number of hydrogen-bond acceptors (Lipinski definition) is 4. The topological polar surface area (TPSA) is 76.7 Å². The molecule has 0 atom stereocenters. The number of benzene rings is 2. The molecule has 0 aliphatic rings. The van der Waals surface area contributed by atoms with Crippen LogP contribution in [0.4, 0.5) is 24.5 Å². The number of hydrogen-bond donors (Lipinski definition) is 2. The first-order valence-electron chi connectivity index (χ1n) is 10.1. The lowest BCUT2D eigenvalue weighted by atomic mass is 9.87. The van der Waals surface area contributed by atoms with Gasteiger partial charge in [0, 0.05) is 17.7 Å². The second kappa shape index (κ2) is 9.93. The first kappa shape index (κ1) is 25.0. The molecule has 0 heterocycles. The average Bonchev–Trinajstić information content (AvgIpc) is 2.70. The van der Waals surface area contributed by atoms with E-state index >= 15 is 0 Å². The normalized spacial score (nSPS) is 11.6. The van der Waals surface area contributed by atoms with Gasteiger partial charge in [-0.05, 0) is 37.0 Å². The highest BCUT2D eigenvalue weighted by atomic mass is 19.4. The van der Waals surface area contributed by atoms with Gasteiger partial charge < -0.3 is 20.1 Å².